The Morgan fingerprint density at radius 1 is 0.862 bits per heavy atom. The number of hydrogen-bond acceptors (Lipinski definition) is 6. The molecule has 0 radical (unpaired) electrons. The Kier molecular flexibility index (Phi) is 7.08. The number of rotatable bonds is 4. The maximum Gasteiger partial charge on any atom is 0.220 e. The van der Waals surface area contributed by atoms with Gasteiger partial charge >= 0.3 is 0 Å². The summed E-state index contributed by atoms with van der Waals surface area (Å²) in [5, 5.41) is 1.74. The highest BCUT2D eigenvalue weighted by molar-refractivity contribution is 9.11. The van der Waals surface area contributed by atoms with Gasteiger partial charge in [0.1, 0.15) is 0 Å². The van der Waals surface area contributed by atoms with Gasteiger partial charge in [0.15, 0.2) is 12.6 Å². The zero-order valence-electron chi connectivity index (χ0n) is 14.5. The Labute approximate surface area is 181 Å². The Hall–Kier alpha value is -2.62. The molecule has 4 rings (SSSR count). The number of pyridine rings is 2. The van der Waals surface area contributed by atoms with Crippen molar-refractivity contribution in [1.29, 1.82) is 0 Å². The molecule has 0 aromatic carbocycles. The van der Waals surface area contributed by atoms with Crippen LogP contribution in [0, 0.1) is 11.9 Å². The molecule has 29 heavy (non-hydrogen) atoms. The third-order valence-electron chi connectivity index (χ3n) is 3.68. The molecule has 0 bridgehead atoms. The van der Waals surface area contributed by atoms with Gasteiger partial charge in [0.25, 0.3) is 0 Å². The molecule has 9 heteroatoms. The molecular formula is C20H11BrF2N2O2S2. The predicted octanol–water partition coefficient (Wildman–Crippen LogP) is 6.29. The second kappa shape index (κ2) is 9.73. The highest BCUT2D eigenvalue weighted by Gasteiger charge is 2.12. The molecule has 4 aromatic rings. The van der Waals surface area contributed by atoms with E-state index in [-0.39, 0.29) is 0 Å². The predicted molar refractivity (Wildman–Crippen MR) is 113 cm³/mol. The monoisotopic (exact) mass is 492 g/mol. The quantitative estimate of drug-likeness (QED) is 0.248. The number of nitrogens with zero attached hydrogens (tertiary/aromatic N) is 2. The van der Waals surface area contributed by atoms with Gasteiger partial charge < -0.3 is 0 Å². The van der Waals surface area contributed by atoms with Crippen LogP contribution in [0.2, 0.25) is 0 Å². The minimum absolute atomic E-state index is 0.397. The molecule has 146 valence electrons. The topological polar surface area (TPSA) is 59.9 Å². The van der Waals surface area contributed by atoms with Crippen LogP contribution in [0.1, 0.15) is 19.3 Å². The molecule has 4 nitrogen and oxygen atoms in total. The van der Waals surface area contributed by atoms with E-state index in [0.717, 1.165) is 16.4 Å². The van der Waals surface area contributed by atoms with E-state index in [1.54, 1.807) is 41.8 Å². The van der Waals surface area contributed by atoms with E-state index in [9.17, 15) is 18.4 Å². The van der Waals surface area contributed by atoms with Crippen molar-refractivity contribution in [2.45, 2.75) is 0 Å². The maximum atomic E-state index is 13.4. The summed E-state index contributed by atoms with van der Waals surface area (Å²) >= 11 is 5.86. The maximum absolute atomic E-state index is 13.4. The molecule has 0 saturated heterocycles. The molecule has 0 saturated carbocycles. The van der Waals surface area contributed by atoms with Gasteiger partial charge in [0, 0.05) is 29.1 Å². The summed E-state index contributed by atoms with van der Waals surface area (Å²) in [5.41, 5.74) is 2.18. The van der Waals surface area contributed by atoms with Crippen LogP contribution in [0.3, 0.4) is 0 Å². The number of hydrogen-bond donors (Lipinski definition) is 0. The van der Waals surface area contributed by atoms with Crippen molar-refractivity contribution >= 4 is 51.2 Å². The molecule has 0 N–H and O–H groups in total. The van der Waals surface area contributed by atoms with Crippen molar-refractivity contribution in [1.82, 2.24) is 9.97 Å². The highest BCUT2D eigenvalue weighted by atomic mass is 79.9. The van der Waals surface area contributed by atoms with E-state index in [1.807, 2.05) is 0 Å². The van der Waals surface area contributed by atoms with Crippen LogP contribution in [0.5, 0.6) is 0 Å². The van der Waals surface area contributed by atoms with Crippen molar-refractivity contribution in [3.63, 3.8) is 0 Å². The van der Waals surface area contributed by atoms with Crippen LogP contribution in [0.4, 0.5) is 8.78 Å². The van der Waals surface area contributed by atoms with Gasteiger partial charge in [-0.1, -0.05) is 0 Å². The molecule has 0 unspecified atom stereocenters. The van der Waals surface area contributed by atoms with Crippen LogP contribution < -0.4 is 0 Å². The average Bonchev–Trinajstić information content (AvgIpc) is 3.36. The fraction of sp³-hybridized carbons (Fsp3) is 0. The van der Waals surface area contributed by atoms with Crippen molar-refractivity contribution in [2.75, 3.05) is 0 Å². The first-order valence-corrected chi connectivity index (χ1v) is 10.5. The average molecular weight is 493 g/mol. The van der Waals surface area contributed by atoms with E-state index in [0.29, 0.717) is 32.0 Å². The lowest BCUT2D eigenvalue weighted by molar-refractivity contribution is 0.111. The fourth-order valence-electron chi connectivity index (χ4n) is 2.37. The summed E-state index contributed by atoms with van der Waals surface area (Å²) < 4.78 is 27.3. The first-order valence-electron chi connectivity index (χ1n) is 8.03. The van der Waals surface area contributed by atoms with Gasteiger partial charge in [-0.3, -0.25) is 9.59 Å². The van der Waals surface area contributed by atoms with Crippen LogP contribution in [-0.2, 0) is 0 Å². The molecule has 0 aliphatic rings. The Morgan fingerprint density at radius 3 is 2.00 bits per heavy atom. The highest BCUT2D eigenvalue weighted by Crippen LogP contribution is 2.36. The first kappa shape index (κ1) is 21.1. The lowest BCUT2D eigenvalue weighted by Gasteiger charge is -1.98. The summed E-state index contributed by atoms with van der Waals surface area (Å²) in [6, 6.07) is 9.88. The van der Waals surface area contributed by atoms with Gasteiger partial charge in [-0.05, 0) is 63.3 Å². The summed E-state index contributed by atoms with van der Waals surface area (Å²) in [6.07, 6.45) is 4.28. The summed E-state index contributed by atoms with van der Waals surface area (Å²) in [5.74, 6) is -1.05. The van der Waals surface area contributed by atoms with Crippen molar-refractivity contribution in [3.05, 3.63) is 79.6 Å². The minimum atomic E-state index is -0.534. The van der Waals surface area contributed by atoms with Crippen LogP contribution >= 0.6 is 38.6 Å². The smallest absolute Gasteiger partial charge is 0.220 e. The zero-order valence-corrected chi connectivity index (χ0v) is 17.7. The van der Waals surface area contributed by atoms with Crippen LogP contribution in [-0.4, -0.2) is 22.5 Å². The largest absolute Gasteiger partial charge is 0.297 e. The number of aromatic nitrogens is 2. The fourth-order valence-corrected chi connectivity index (χ4v) is 4.68. The second-order valence-corrected chi connectivity index (χ2v) is 8.84. The normalized spacial score (nSPS) is 10.2. The molecular weight excluding hydrogens is 482 g/mol. The van der Waals surface area contributed by atoms with Gasteiger partial charge in [0.05, 0.1) is 13.5 Å². The SMILES string of the molecule is O=Cc1cc(-c2cccnc2F)c(Br)s1.O=Cc1cc(-c2cccnc2F)cs1. The van der Waals surface area contributed by atoms with Gasteiger partial charge in [-0.2, -0.15) is 8.78 Å². The van der Waals surface area contributed by atoms with Gasteiger partial charge in [0.2, 0.25) is 11.9 Å². The van der Waals surface area contributed by atoms with E-state index < -0.39 is 11.9 Å². The van der Waals surface area contributed by atoms with E-state index in [4.69, 9.17) is 0 Å². The van der Waals surface area contributed by atoms with Gasteiger partial charge in [-0.25, -0.2) is 9.97 Å². The number of carbonyl (C=O) groups is 2. The Morgan fingerprint density at radius 2 is 1.48 bits per heavy atom. The lowest BCUT2D eigenvalue weighted by Crippen LogP contribution is -1.86. The number of aldehydes is 2. The van der Waals surface area contributed by atoms with Crippen molar-refractivity contribution < 1.29 is 18.4 Å². The second-order valence-electron chi connectivity index (χ2n) is 5.49. The van der Waals surface area contributed by atoms with E-state index >= 15 is 0 Å². The number of carbonyl (C=O) groups excluding carboxylic acids is 2. The molecule has 0 aliphatic carbocycles. The zero-order chi connectivity index (χ0) is 20.8. The Bertz CT molecular complexity index is 1160. The standard InChI is InChI=1S/C10H5BrFNOS.C10H6FNOS/c11-9-8(4-6(5-14)15-9)7-2-1-3-13-10(7)12;11-10-9(2-1-3-12-10)7-4-8(5-13)14-6-7/h1-5H;1-6H. The summed E-state index contributed by atoms with van der Waals surface area (Å²) in [6.45, 7) is 0. The Balaban J connectivity index is 0.000000166. The van der Waals surface area contributed by atoms with Crippen LogP contribution in [0.15, 0.2) is 58.0 Å². The molecule has 4 aromatic heterocycles. The van der Waals surface area contributed by atoms with E-state index in [1.165, 1.54) is 35.1 Å². The minimum Gasteiger partial charge on any atom is -0.297 e. The molecule has 4 heterocycles. The number of thiophene rings is 2. The molecule has 0 spiro atoms. The lowest BCUT2D eigenvalue weighted by atomic mass is 10.1. The third-order valence-corrected chi connectivity index (χ3v) is 6.30. The van der Waals surface area contributed by atoms with Gasteiger partial charge in [-0.15, -0.1) is 22.7 Å². The summed E-state index contributed by atoms with van der Waals surface area (Å²) in [4.78, 5) is 29.2. The third kappa shape index (κ3) is 5.06. The molecule has 0 atom stereocenters. The summed E-state index contributed by atoms with van der Waals surface area (Å²) in [7, 11) is 0. The molecule has 0 amide bonds. The van der Waals surface area contributed by atoms with Crippen LogP contribution in [0.25, 0.3) is 22.3 Å². The first-order chi connectivity index (χ1) is 14.0. The van der Waals surface area contributed by atoms with Crippen molar-refractivity contribution in [3.8, 4) is 22.3 Å². The molecule has 0 aliphatic heterocycles. The van der Waals surface area contributed by atoms with E-state index in [2.05, 4.69) is 25.9 Å². The number of halogens is 3. The van der Waals surface area contributed by atoms with Crippen molar-refractivity contribution in [2.24, 2.45) is 0 Å². The molecule has 0 fully saturated rings.